The zero-order valence-electron chi connectivity index (χ0n) is 12.0. The number of hydroxylamine groups is 2. The van der Waals surface area contributed by atoms with Gasteiger partial charge >= 0.3 is 6.03 Å². The molecule has 1 heterocycles. The summed E-state index contributed by atoms with van der Waals surface area (Å²) >= 11 is 1.22. The van der Waals surface area contributed by atoms with Crippen LogP contribution in [-0.2, 0) is 4.84 Å². The molecule has 0 aliphatic rings. The molecular weight excluding hydrogens is 293 g/mol. The number of urea groups is 1. The summed E-state index contributed by atoms with van der Waals surface area (Å²) in [6, 6.07) is 7.63. The summed E-state index contributed by atoms with van der Waals surface area (Å²) in [5, 5.41) is 1.87. The van der Waals surface area contributed by atoms with E-state index in [2.05, 4.69) is 4.37 Å². The summed E-state index contributed by atoms with van der Waals surface area (Å²) in [4.78, 5) is 18.6. The lowest BCUT2D eigenvalue weighted by atomic mass is 10.1. The van der Waals surface area contributed by atoms with E-state index in [-0.39, 0.29) is 11.8 Å². The minimum atomic E-state index is -0.290. The summed E-state index contributed by atoms with van der Waals surface area (Å²) in [6.07, 6.45) is 0. The van der Waals surface area contributed by atoms with Crippen LogP contribution in [0.3, 0.4) is 0 Å². The zero-order valence-corrected chi connectivity index (χ0v) is 12.9. The fraction of sp³-hybridized carbons (Fsp3) is 0.286. The van der Waals surface area contributed by atoms with E-state index in [1.165, 1.54) is 30.8 Å². The van der Waals surface area contributed by atoms with Gasteiger partial charge in [0.05, 0.1) is 12.8 Å². The molecule has 0 saturated heterocycles. The molecule has 0 saturated carbocycles. The Kier molecular flexibility index (Phi) is 4.87. The molecule has 0 aliphatic heterocycles. The Morgan fingerprint density at radius 3 is 2.62 bits per heavy atom. The average molecular weight is 309 g/mol. The van der Waals surface area contributed by atoms with E-state index >= 15 is 0 Å². The minimum Gasteiger partial charge on any atom is -0.283 e. The van der Waals surface area contributed by atoms with E-state index in [0.717, 1.165) is 10.6 Å². The number of amides is 2. The third kappa shape index (κ3) is 3.37. The maximum absolute atomic E-state index is 12.9. The Labute approximate surface area is 126 Å². The summed E-state index contributed by atoms with van der Waals surface area (Å²) in [7, 11) is 2.98. The SMILES string of the molecule is CCN(C(=O)N(C)OC)c1cc(-c2ccc(F)cc2)ns1. The Bertz CT molecular complexity index is 615. The predicted molar refractivity (Wildman–Crippen MR) is 80.7 cm³/mol. The van der Waals surface area contributed by atoms with Crippen molar-refractivity contribution in [3.63, 3.8) is 0 Å². The van der Waals surface area contributed by atoms with Gasteiger partial charge in [-0.1, -0.05) is 0 Å². The van der Waals surface area contributed by atoms with Crippen LogP contribution in [0.15, 0.2) is 30.3 Å². The number of aromatic nitrogens is 1. The molecule has 0 N–H and O–H groups in total. The molecule has 0 bridgehead atoms. The Morgan fingerprint density at radius 1 is 1.38 bits per heavy atom. The van der Waals surface area contributed by atoms with E-state index in [0.29, 0.717) is 17.2 Å². The van der Waals surface area contributed by atoms with Gasteiger partial charge in [-0.2, -0.15) is 4.37 Å². The van der Waals surface area contributed by atoms with Crippen molar-refractivity contribution in [2.75, 3.05) is 25.6 Å². The first-order chi connectivity index (χ1) is 10.1. The first kappa shape index (κ1) is 15.4. The first-order valence-electron chi connectivity index (χ1n) is 6.38. The van der Waals surface area contributed by atoms with Gasteiger partial charge in [-0.25, -0.2) is 14.2 Å². The van der Waals surface area contributed by atoms with Crippen LogP contribution in [0.4, 0.5) is 14.2 Å². The van der Waals surface area contributed by atoms with Gasteiger partial charge in [-0.3, -0.25) is 9.74 Å². The molecule has 0 aliphatic carbocycles. The lowest BCUT2D eigenvalue weighted by molar-refractivity contribution is -0.0621. The number of anilines is 1. The van der Waals surface area contributed by atoms with Crippen molar-refractivity contribution < 1.29 is 14.0 Å². The number of hydrogen-bond acceptors (Lipinski definition) is 4. The number of benzene rings is 1. The third-order valence-electron chi connectivity index (χ3n) is 2.99. The van der Waals surface area contributed by atoms with E-state index in [4.69, 9.17) is 4.84 Å². The second-order valence-electron chi connectivity index (χ2n) is 4.26. The van der Waals surface area contributed by atoms with Crippen molar-refractivity contribution in [2.24, 2.45) is 0 Å². The van der Waals surface area contributed by atoms with Gasteiger partial charge in [-0.15, -0.1) is 0 Å². The normalized spacial score (nSPS) is 10.5. The number of halogens is 1. The molecule has 0 fully saturated rings. The van der Waals surface area contributed by atoms with Crippen LogP contribution in [-0.4, -0.2) is 36.2 Å². The molecule has 0 atom stereocenters. The molecule has 2 aromatic rings. The summed E-state index contributed by atoms with van der Waals surface area (Å²) in [5.74, 6) is -0.290. The lowest BCUT2D eigenvalue weighted by Gasteiger charge is -2.23. The number of carbonyl (C=O) groups excluding carboxylic acids is 1. The second kappa shape index (κ2) is 6.64. The first-order valence-corrected chi connectivity index (χ1v) is 7.16. The van der Waals surface area contributed by atoms with Gasteiger partial charge < -0.3 is 0 Å². The molecular formula is C14H16FN3O2S. The molecule has 5 nitrogen and oxygen atoms in total. The quantitative estimate of drug-likeness (QED) is 0.813. The van der Waals surface area contributed by atoms with Crippen LogP contribution in [0.1, 0.15) is 6.92 Å². The summed E-state index contributed by atoms with van der Waals surface area (Å²) in [5.41, 5.74) is 1.52. The molecule has 2 rings (SSSR count). The van der Waals surface area contributed by atoms with Gasteiger partial charge in [0, 0.05) is 25.2 Å². The van der Waals surface area contributed by atoms with Crippen LogP contribution in [0.25, 0.3) is 11.3 Å². The Balaban J connectivity index is 2.25. The van der Waals surface area contributed by atoms with Crippen molar-refractivity contribution >= 4 is 22.6 Å². The van der Waals surface area contributed by atoms with Crippen molar-refractivity contribution in [1.82, 2.24) is 9.44 Å². The van der Waals surface area contributed by atoms with Crippen molar-refractivity contribution in [3.8, 4) is 11.3 Å². The summed E-state index contributed by atoms with van der Waals surface area (Å²) in [6.45, 7) is 2.37. The number of hydrogen-bond donors (Lipinski definition) is 0. The van der Waals surface area contributed by atoms with E-state index in [1.807, 2.05) is 13.0 Å². The average Bonchev–Trinajstić information content (AvgIpc) is 2.97. The highest BCUT2D eigenvalue weighted by Crippen LogP contribution is 2.28. The highest BCUT2D eigenvalue weighted by molar-refractivity contribution is 7.10. The standard InChI is InChI=1S/C14H16FN3O2S/c1-4-18(14(19)17(2)20-3)13-9-12(16-21-13)10-5-7-11(15)8-6-10/h5-9H,4H2,1-3H3. The van der Waals surface area contributed by atoms with Crippen LogP contribution in [0.5, 0.6) is 0 Å². The fourth-order valence-electron chi connectivity index (χ4n) is 1.78. The van der Waals surface area contributed by atoms with E-state index in [1.54, 1.807) is 24.1 Å². The van der Waals surface area contributed by atoms with Gasteiger partial charge in [0.2, 0.25) is 0 Å². The smallest absolute Gasteiger partial charge is 0.283 e. The van der Waals surface area contributed by atoms with E-state index < -0.39 is 0 Å². The van der Waals surface area contributed by atoms with Crippen LogP contribution >= 0.6 is 11.5 Å². The fourth-order valence-corrected chi connectivity index (χ4v) is 2.60. The molecule has 112 valence electrons. The molecule has 2 amide bonds. The zero-order chi connectivity index (χ0) is 15.4. The monoisotopic (exact) mass is 309 g/mol. The van der Waals surface area contributed by atoms with Crippen molar-refractivity contribution in [2.45, 2.75) is 6.92 Å². The Hall–Kier alpha value is -1.99. The molecule has 7 heteroatoms. The Morgan fingerprint density at radius 2 is 2.05 bits per heavy atom. The van der Waals surface area contributed by atoms with Crippen LogP contribution in [0.2, 0.25) is 0 Å². The number of carbonyl (C=O) groups is 1. The molecule has 0 radical (unpaired) electrons. The third-order valence-corrected chi connectivity index (χ3v) is 3.81. The van der Waals surface area contributed by atoms with Crippen LogP contribution < -0.4 is 4.90 Å². The highest BCUT2D eigenvalue weighted by atomic mass is 32.1. The molecule has 21 heavy (non-hydrogen) atoms. The topological polar surface area (TPSA) is 45.7 Å². The number of nitrogens with zero attached hydrogens (tertiary/aromatic N) is 3. The van der Waals surface area contributed by atoms with Crippen molar-refractivity contribution in [3.05, 3.63) is 36.1 Å². The van der Waals surface area contributed by atoms with Gasteiger partial charge in [0.25, 0.3) is 0 Å². The van der Waals surface area contributed by atoms with Gasteiger partial charge in [0.15, 0.2) is 0 Å². The van der Waals surface area contributed by atoms with Gasteiger partial charge in [0.1, 0.15) is 10.8 Å². The number of rotatable bonds is 4. The molecule has 0 unspecified atom stereocenters. The van der Waals surface area contributed by atoms with Crippen molar-refractivity contribution in [1.29, 1.82) is 0 Å². The second-order valence-corrected chi connectivity index (χ2v) is 5.05. The minimum absolute atomic E-state index is 0.269. The maximum atomic E-state index is 12.9. The largest absolute Gasteiger partial charge is 0.348 e. The highest BCUT2D eigenvalue weighted by Gasteiger charge is 2.20. The van der Waals surface area contributed by atoms with Gasteiger partial charge in [-0.05, 0) is 42.7 Å². The maximum Gasteiger partial charge on any atom is 0.348 e. The molecule has 0 spiro atoms. The lowest BCUT2D eigenvalue weighted by Crippen LogP contribution is -2.40. The molecule has 1 aromatic carbocycles. The van der Waals surface area contributed by atoms with E-state index in [9.17, 15) is 9.18 Å². The predicted octanol–water partition coefficient (Wildman–Crippen LogP) is 3.39. The summed E-state index contributed by atoms with van der Waals surface area (Å²) < 4.78 is 17.3. The van der Waals surface area contributed by atoms with Crippen LogP contribution in [0, 0.1) is 5.82 Å². The molecule has 1 aromatic heterocycles.